The average Bonchev–Trinajstić information content (AvgIpc) is 2.46. The molecule has 0 aliphatic rings. The molecule has 0 saturated carbocycles. The van der Waals surface area contributed by atoms with Crippen molar-refractivity contribution in [3.63, 3.8) is 0 Å². The summed E-state index contributed by atoms with van der Waals surface area (Å²) >= 11 is 5.39. The van der Waals surface area contributed by atoms with Crippen LogP contribution in [-0.4, -0.2) is 23.5 Å². The van der Waals surface area contributed by atoms with Crippen LogP contribution in [0.5, 0.6) is 0 Å². The van der Waals surface area contributed by atoms with Gasteiger partial charge >= 0.3 is 12.1 Å². The standard InChI is InChI=1S/C10H7ClF3NO3.C2H6/c1-18-9(16)6-3-2-5(8(11)15-17)4-7(6)10(12,13)14;1-2/h2-4,17H,1H3;1-2H3/b15-8-;. The molecule has 20 heavy (non-hydrogen) atoms. The highest BCUT2D eigenvalue weighted by Crippen LogP contribution is 2.33. The van der Waals surface area contributed by atoms with Gasteiger partial charge in [0.2, 0.25) is 0 Å². The van der Waals surface area contributed by atoms with E-state index in [1.165, 1.54) is 0 Å². The largest absolute Gasteiger partial charge is 0.465 e. The van der Waals surface area contributed by atoms with E-state index >= 15 is 0 Å². The fourth-order valence-electron chi connectivity index (χ4n) is 1.25. The zero-order chi connectivity index (χ0) is 15.9. The molecule has 0 radical (unpaired) electrons. The predicted octanol–water partition coefficient (Wildman–Crippen LogP) is 3.89. The van der Waals surface area contributed by atoms with Crippen LogP contribution in [0.2, 0.25) is 0 Å². The van der Waals surface area contributed by atoms with Crippen LogP contribution in [0.25, 0.3) is 0 Å². The van der Waals surface area contributed by atoms with Crippen LogP contribution in [-0.2, 0) is 10.9 Å². The summed E-state index contributed by atoms with van der Waals surface area (Å²) in [6.45, 7) is 4.00. The molecule has 0 fully saturated rings. The average molecular weight is 312 g/mol. The van der Waals surface area contributed by atoms with Crippen molar-refractivity contribution < 1.29 is 27.9 Å². The molecule has 0 saturated heterocycles. The summed E-state index contributed by atoms with van der Waals surface area (Å²) < 4.78 is 42.5. The zero-order valence-corrected chi connectivity index (χ0v) is 11.7. The van der Waals surface area contributed by atoms with Gasteiger partial charge in [-0.05, 0) is 12.1 Å². The molecule has 112 valence electrons. The minimum Gasteiger partial charge on any atom is -0.465 e. The molecule has 0 spiro atoms. The molecule has 1 rings (SSSR count). The first-order valence-electron chi connectivity index (χ1n) is 5.48. The molecule has 0 amide bonds. The molecular weight excluding hydrogens is 299 g/mol. The number of esters is 1. The first-order chi connectivity index (χ1) is 9.31. The lowest BCUT2D eigenvalue weighted by molar-refractivity contribution is -0.138. The Morgan fingerprint density at radius 1 is 1.35 bits per heavy atom. The van der Waals surface area contributed by atoms with E-state index in [-0.39, 0.29) is 5.56 Å². The summed E-state index contributed by atoms with van der Waals surface area (Å²) in [5.74, 6) is -1.12. The number of carbonyl (C=O) groups excluding carboxylic acids is 1. The molecule has 0 aliphatic carbocycles. The highest BCUT2D eigenvalue weighted by molar-refractivity contribution is 6.69. The Morgan fingerprint density at radius 2 is 1.90 bits per heavy atom. The van der Waals surface area contributed by atoms with Gasteiger partial charge in [-0.1, -0.05) is 36.7 Å². The van der Waals surface area contributed by atoms with Gasteiger partial charge in [0.15, 0.2) is 5.17 Å². The number of carbonyl (C=O) groups is 1. The van der Waals surface area contributed by atoms with Gasteiger partial charge in [-0.3, -0.25) is 0 Å². The van der Waals surface area contributed by atoms with Crippen LogP contribution in [0.3, 0.4) is 0 Å². The van der Waals surface area contributed by atoms with Crippen LogP contribution < -0.4 is 0 Å². The Hall–Kier alpha value is -1.76. The summed E-state index contributed by atoms with van der Waals surface area (Å²) in [4.78, 5) is 11.2. The van der Waals surface area contributed by atoms with Gasteiger partial charge in [0, 0.05) is 5.56 Å². The SMILES string of the molecule is CC.COC(=O)c1ccc(/C(Cl)=N/O)cc1C(F)(F)F. The number of alkyl halides is 3. The molecule has 0 aliphatic heterocycles. The first kappa shape index (κ1) is 18.2. The van der Waals surface area contributed by atoms with Gasteiger partial charge in [-0.2, -0.15) is 13.2 Å². The van der Waals surface area contributed by atoms with Crippen LogP contribution >= 0.6 is 11.6 Å². The fraction of sp³-hybridized carbons (Fsp3) is 0.333. The fourth-order valence-corrected chi connectivity index (χ4v) is 1.37. The molecule has 0 bridgehead atoms. The lowest BCUT2D eigenvalue weighted by Crippen LogP contribution is -2.15. The predicted molar refractivity (Wildman–Crippen MR) is 68.3 cm³/mol. The van der Waals surface area contributed by atoms with Crippen LogP contribution in [0.4, 0.5) is 13.2 Å². The molecule has 1 N–H and O–H groups in total. The maximum atomic E-state index is 12.7. The summed E-state index contributed by atoms with van der Waals surface area (Å²) in [5, 5.41) is 10.4. The second-order valence-corrected chi connectivity index (χ2v) is 3.50. The summed E-state index contributed by atoms with van der Waals surface area (Å²) in [7, 11) is 0.971. The van der Waals surface area contributed by atoms with E-state index in [0.717, 1.165) is 19.2 Å². The number of hydrogen-bond donors (Lipinski definition) is 1. The van der Waals surface area contributed by atoms with Gasteiger partial charge < -0.3 is 9.94 Å². The number of rotatable bonds is 2. The number of hydrogen-bond acceptors (Lipinski definition) is 4. The Morgan fingerprint density at radius 3 is 2.30 bits per heavy atom. The van der Waals surface area contributed by atoms with Gasteiger partial charge in [0.1, 0.15) is 0 Å². The minimum absolute atomic E-state index is 0.167. The van der Waals surface area contributed by atoms with Crippen molar-refractivity contribution in [3.05, 3.63) is 34.9 Å². The highest BCUT2D eigenvalue weighted by Gasteiger charge is 2.36. The number of halogens is 4. The monoisotopic (exact) mass is 311 g/mol. The van der Waals surface area contributed by atoms with E-state index in [4.69, 9.17) is 16.8 Å². The summed E-state index contributed by atoms with van der Waals surface area (Å²) in [6, 6.07) is 2.62. The smallest absolute Gasteiger partial charge is 0.417 e. The van der Waals surface area contributed by atoms with Crippen molar-refractivity contribution in [2.45, 2.75) is 20.0 Å². The highest BCUT2D eigenvalue weighted by atomic mass is 35.5. The second-order valence-electron chi connectivity index (χ2n) is 3.14. The molecule has 8 heteroatoms. The molecule has 0 heterocycles. The van der Waals surface area contributed by atoms with Crippen molar-refractivity contribution in [1.82, 2.24) is 0 Å². The van der Waals surface area contributed by atoms with E-state index in [0.29, 0.717) is 6.07 Å². The molecular formula is C12H13ClF3NO3. The second kappa shape index (κ2) is 7.74. The molecule has 0 unspecified atom stereocenters. The molecule has 1 aromatic carbocycles. The summed E-state index contributed by atoms with van der Waals surface area (Å²) in [5.41, 5.74) is -2.02. The van der Waals surface area contributed by atoms with E-state index in [9.17, 15) is 18.0 Å². The van der Waals surface area contributed by atoms with Crippen molar-refractivity contribution >= 4 is 22.7 Å². The maximum absolute atomic E-state index is 12.7. The van der Waals surface area contributed by atoms with E-state index < -0.39 is 28.4 Å². The molecule has 4 nitrogen and oxygen atoms in total. The summed E-state index contributed by atoms with van der Waals surface area (Å²) in [6.07, 6.45) is -4.76. The lowest BCUT2D eigenvalue weighted by atomic mass is 10.0. The van der Waals surface area contributed by atoms with E-state index in [2.05, 4.69) is 9.89 Å². The number of nitrogens with zero attached hydrogens (tertiary/aromatic N) is 1. The van der Waals surface area contributed by atoms with Crippen molar-refractivity contribution in [2.24, 2.45) is 5.16 Å². The normalized spacial score (nSPS) is 11.4. The molecule has 1 aromatic rings. The minimum atomic E-state index is -4.76. The van der Waals surface area contributed by atoms with Gasteiger partial charge in [-0.15, -0.1) is 0 Å². The number of ether oxygens (including phenoxy) is 1. The van der Waals surface area contributed by atoms with E-state index in [1.807, 2.05) is 13.8 Å². The van der Waals surface area contributed by atoms with Crippen molar-refractivity contribution in [3.8, 4) is 0 Å². The number of methoxy groups -OCH3 is 1. The van der Waals surface area contributed by atoms with Crippen LogP contribution in [0.1, 0.15) is 35.3 Å². The van der Waals surface area contributed by atoms with Crippen molar-refractivity contribution in [2.75, 3.05) is 7.11 Å². The number of oxime groups is 1. The maximum Gasteiger partial charge on any atom is 0.417 e. The van der Waals surface area contributed by atoms with Crippen molar-refractivity contribution in [1.29, 1.82) is 0 Å². The topological polar surface area (TPSA) is 58.9 Å². The van der Waals surface area contributed by atoms with E-state index in [1.54, 1.807) is 0 Å². The quantitative estimate of drug-likeness (QED) is 0.390. The lowest BCUT2D eigenvalue weighted by Gasteiger charge is -2.12. The third kappa shape index (κ3) is 4.41. The number of benzene rings is 1. The first-order valence-corrected chi connectivity index (χ1v) is 5.86. The Bertz CT molecular complexity index is 501. The Kier molecular flexibility index (Phi) is 7.06. The van der Waals surface area contributed by atoms with Gasteiger partial charge in [-0.25, -0.2) is 4.79 Å². The van der Waals surface area contributed by atoms with Crippen LogP contribution in [0, 0.1) is 0 Å². The Balaban J connectivity index is 0.00000172. The molecule has 0 atom stereocenters. The van der Waals surface area contributed by atoms with Crippen LogP contribution in [0.15, 0.2) is 23.4 Å². The zero-order valence-electron chi connectivity index (χ0n) is 11.0. The third-order valence-electron chi connectivity index (χ3n) is 2.06. The third-order valence-corrected chi connectivity index (χ3v) is 2.35. The Labute approximate surface area is 118 Å². The molecule has 0 aromatic heterocycles. The van der Waals surface area contributed by atoms with Gasteiger partial charge in [0.25, 0.3) is 0 Å². The van der Waals surface area contributed by atoms with Gasteiger partial charge in [0.05, 0.1) is 18.2 Å².